The molecule has 1 unspecified atom stereocenters. The Morgan fingerprint density at radius 2 is 2.31 bits per heavy atom. The van der Waals surface area contributed by atoms with E-state index >= 15 is 0 Å². The monoisotopic (exact) mass is 241 g/mol. The Morgan fingerprint density at radius 3 is 2.94 bits per heavy atom. The average Bonchev–Trinajstić information content (AvgIpc) is 2.25. The average molecular weight is 241 g/mol. The molecule has 0 aromatic carbocycles. The number of hydrogen-bond acceptors (Lipinski definition) is 5. The summed E-state index contributed by atoms with van der Waals surface area (Å²) in [7, 11) is 0. The summed E-state index contributed by atoms with van der Waals surface area (Å²) in [6.07, 6.45) is 3.38. The maximum absolute atomic E-state index is 9.70. The summed E-state index contributed by atoms with van der Waals surface area (Å²) >= 11 is 1.61. The van der Waals surface area contributed by atoms with E-state index in [0.717, 1.165) is 23.0 Å². The Bertz CT molecular complexity index is 331. The molecule has 1 aromatic rings. The van der Waals surface area contributed by atoms with Crippen molar-refractivity contribution in [2.24, 2.45) is 5.73 Å². The lowest BCUT2D eigenvalue weighted by Crippen LogP contribution is -2.34. The molecule has 0 aliphatic rings. The molecule has 5 heteroatoms. The van der Waals surface area contributed by atoms with Gasteiger partial charge in [-0.1, -0.05) is 11.8 Å². The predicted octanol–water partition coefficient (Wildman–Crippen LogP) is 1.37. The second-order valence-corrected chi connectivity index (χ2v) is 5.20. The SMILES string of the molecule is Cc1ccnc(SCCCC(C)(O)CN)n1. The van der Waals surface area contributed by atoms with Crippen LogP contribution in [0.15, 0.2) is 17.4 Å². The molecule has 0 amide bonds. The van der Waals surface area contributed by atoms with E-state index in [1.54, 1.807) is 24.9 Å². The van der Waals surface area contributed by atoms with Crippen LogP contribution in [0, 0.1) is 6.92 Å². The summed E-state index contributed by atoms with van der Waals surface area (Å²) in [4.78, 5) is 8.45. The van der Waals surface area contributed by atoms with Crippen LogP contribution in [-0.2, 0) is 0 Å². The highest BCUT2D eigenvalue weighted by atomic mass is 32.2. The lowest BCUT2D eigenvalue weighted by Gasteiger charge is -2.20. The summed E-state index contributed by atoms with van der Waals surface area (Å²) in [5, 5.41) is 10.5. The molecule has 0 saturated heterocycles. The first-order chi connectivity index (χ1) is 7.53. The molecular formula is C11H19N3OS. The largest absolute Gasteiger partial charge is 0.389 e. The second kappa shape index (κ2) is 6.18. The van der Waals surface area contributed by atoms with Gasteiger partial charge in [-0.05, 0) is 32.8 Å². The van der Waals surface area contributed by atoms with E-state index < -0.39 is 5.60 Å². The Labute approximate surface area is 101 Å². The fourth-order valence-corrected chi connectivity index (χ4v) is 2.03. The van der Waals surface area contributed by atoms with E-state index in [9.17, 15) is 5.11 Å². The zero-order valence-corrected chi connectivity index (χ0v) is 10.6. The number of aromatic nitrogens is 2. The van der Waals surface area contributed by atoms with E-state index in [0.29, 0.717) is 13.0 Å². The van der Waals surface area contributed by atoms with Crippen LogP contribution in [-0.4, -0.2) is 33.0 Å². The van der Waals surface area contributed by atoms with E-state index in [4.69, 9.17) is 5.73 Å². The summed E-state index contributed by atoms with van der Waals surface area (Å²) in [6.45, 7) is 4.02. The molecule has 1 rings (SSSR count). The Balaban J connectivity index is 2.26. The molecule has 0 aliphatic heterocycles. The van der Waals surface area contributed by atoms with Crippen LogP contribution in [0.5, 0.6) is 0 Å². The number of thioether (sulfide) groups is 1. The molecule has 0 spiro atoms. The van der Waals surface area contributed by atoms with Crippen molar-refractivity contribution in [3.63, 3.8) is 0 Å². The van der Waals surface area contributed by atoms with E-state index in [2.05, 4.69) is 9.97 Å². The van der Waals surface area contributed by atoms with Gasteiger partial charge in [-0.2, -0.15) is 0 Å². The van der Waals surface area contributed by atoms with Crippen molar-refractivity contribution in [1.82, 2.24) is 9.97 Å². The number of nitrogens with zero attached hydrogens (tertiary/aromatic N) is 2. The molecule has 1 heterocycles. The Hall–Kier alpha value is -0.650. The minimum Gasteiger partial charge on any atom is -0.389 e. The van der Waals surface area contributed by atoms with E-state index in [1.807, 2.05) is 13.0 Å². The van der Waals surface area contributed by atoms with Crippen LogP contribution < -0.4 is 5.73 Å². The Morgan fingerprint density at radius 1 is 1.56 bits per heavy atom. The van der Waals surface area contributed by atoms with Crippen LogP contribution in [0.25, 0.3) is 0 Å². The summed E-state index contributed by atoms with van der Waals surface area (Å²) in [5.74, 6) is 0.902. The van der Waals surface area contributed by atoms with Gasteiger partial charge in [0.2, 0.25) is 0 Å². The first-order valence-corrected chi connectivity index (χ1v) is 6.37. The van der Waals surface area contributed by atoms with Crippen LogP contribution in [0.4, 0.5) is 0 Å². The summed E-state index contributed by atoms with van der Waals surface area (Å²) in [5.41, 5.74) is 5.67. The Kier molecular flexibility index (Phi) is 5.18. The second-order valence-electron chi connectivity index (χ2n) is 4.13. The topological polar surface area (TPSA) is 72.0 Å². The number of rotatable bonds is 6. The molecule has 0 fully saturated rings. The van der Waals surface area contributed by atoms with Crippen LogP contribution in [0.1, 0.15) is 25.5 Å². The standard InChI is InChI=1S/C11H19N3OS/c1-9-4-6-13-10(14-9)16-7-3-5-11(2,15)8-12/h4,6,15H,3,5,7-8,12H2,1-2H3. The van der Waals surface area contributed by atoms with Crippen molar-refractivity contribution in [3.05, 3.63) is 18.0 Å². The molecule has 0 saturated carbocycles. The normalized spacial score (nSPS) is 14.8. The smallest absolute Gasteiger partial charge is 0.187 e. The van der Waals surface area contributed by atoms with Gasteiger partial charge in [0.1, 0.15) is 0 Å². The molecule has 1 aromatic heterocycles. The van der Waals surface area contributed by atoms with Gasteiger partial charge >= 0.3 is 0 Å². The van der Waals surface area contributed by atoms with E-state index in [1.165, 1.54) is 0 Å². The number of aryl methyl sites for hydroxylation is 1. The predicted molar refractivity (Wildman–Crippen MR) is 66.4 cm³/mol. The van der Waals surface area contributed by atoms with Crippen molar-refractivity contribution >= 4 is 11.8 Å². The van der Waals surface area contributed by atoms with Crippen LogP contribution >= 0.6 is 11.8 Å². The highest BCUT2D eigenvalue weighted by Gasteiger charge is 2.16. The maximum Gasteiger partial charge on any atom is 0.187 e. The lowest BCUT2D eigenvalue weighted by atomic mass is 10.0. The first-order valence-electron chi connectivity index (χ1n) is 5.38. The van der Waals surface area contributed by atoms with Crippen molar-refractivity contribution in [3.8, 4) is 0 Å². The van der Waals surface area contributed by atoms with Gasteiger partial charge in [0.25, 0.3) is 0 Å². The number of hydrogen-bond donors (Lipinski definition) is 2. The molecule has 0 bridgehead atoms. The fourth-order valence-electron chi connectivity index (χ4n) is 1.21. The molecule has 1 atom stereocenters. The van der Waals surface area contributed by atoms with Crippen molar-refractivity contribution in [2.45, 2.75) is 37.4 Å². The van der Waals surface area contributed by atoms with Gasteiger partial charge in [-0.15, -0.1) is 0 Å². The van der Waals surface area contributed by atoms with Gasteiger partial charge in [0.15, 0.2) is 5.16 Å². The maximum atomic E-state index is 9.70. The van der Waals surface area contributed by atoms with Gasteiger partial charge in [-0.3, -0.25) is 0 Å². The molecule has 0 aliphatic carbocycles. The highest BCUT2D eigenvalue weighted by molar-refractivity contribution is 7.99. The molecule has 4 nitrogen and oxygen atoms in total. The minimum atomic E-state index is -0.742. The van der Waals surface area contributed by atoms with Gasteiger partial charge in [0.05, 0.1) is 5.60 Å². The van der Waals surface area contributed by atoms with Crippen molar-refractivity contribution in [1.29, 1.82) is 0 Å². The third-order valence-electron chi connectivity index (χ3n) is 2.30. The zero-order valence-electron chi connectivity index (χ0n) is 9.81. The van der Waals surface area contributed by atoms with Crippen LogP contribution in [0.3, 0.4) is 0 Å². The summed E-state index contributed by atoms with van der Waals surface area (Å²) < 4.78 is 0. The minimum absolute atomic E-state index is 0.304. The third kappa shape index (κ3) is 4.92. The molecular weight excluding hydrogens is 222 g/mol. The zero-order chi connectivity index (χ0) is 12.0. The number of aliphatic hydroxyl groups is 1. The van der Waals surface area contributed by atoms with Crippen LogP contribution in [0.2, 0.25) is 0 Å². The third-order valence-corrected chi connectivity index (χ3v) is 3.25. The number of nitrogens with two attached hydrogens (primary N) is 1. The van der Waals surface area contributed by atoms with Gasteiger partial charge in [-0.25, -0.2) is 9.97 Å². The fraction of sp³-hybridized carbons (Fsp3) is 0.636. The quantitative estimate of drug-likeness (QED) is 0.447. The van der Waals surface area contributed by atoms with E-state index in [-0.39, 0.29) is 0 Å². The van der Waals surface area contributed by atoms with Crippen molar-refractivity contribution in [2.75, 3.05) is 12.3 Å². The highest BCUT2D eigenvalue weighted by Crippen LogP contribution is 2.17. The lowest BCUT2D eigenvalue weighted by molar-refractivity contribution is 0.0596. The van der Waals surface area contributed by atoms with Gasteiger partial charge < -0.3 is 10.8 Å². The first kappa shape index (κ1) is 13.4. The van der Waals surface area contributed by atoms with Crippen molar-refractivity contribution < 1.29 is 5.11 Å². The molecule has 90 valence electrons. The van der Waals surface area contributed by atoms with Gasteiger partial charge in [0, 0.05) is 24.2 Å². The summed E-state index contributed by atoms with van der Waals surface area (Å²) in [6, 6.07) is 1.88. The molecule has 16 heavy (non-hydrogen) atoms. The molecule has 3 N–H and O–H groups in total. The molecule has 0 radical (unpaired) electrons.